The molecule has 3 nitrogen and oxygen atoms in total. The van der Waals surface area contributed by atoms with E-state index < -0.39 is 6.10 Å². The molecule has 0 unspecified atom stereocenters. The molecule has 0 aliphatic carbocycles. The number of ether oxygens (including phenoxy) is 1. The Morgan fingerprint density at radius 2 is 1.79 bits per heavy atom. The molecule has 100 valence electrons. The third-order valence-corrected chi connectivity index (χ3v) is 2.88. The number of rotatable bonds is 5. The van der Waals surface area contributed by atoms with Crippen molar-refractivity contribution in [2.45, 2.75) is 32.8 Å². The van der Waals surface area contributed by atoms with E-state index in [1.807, 2.05) is 18.2 Å². The van der Waals surface area contributed by atoms with Gasteiger partial charge in [-0.05, 0) is 43.2 Å². The van der Waals surface area contributed by atoms with E-state index in [1.165, 1.54) is 5.56 Å². The summed E-state index contributed by atoms with van der Waals surface area (Å²) in [4.78, 5) is 4.15. The van der Waals surface area contributed by atoms with Crippen molar-refractivity contribution in [1.29, 1.82) is 0 Å². The molecule has 0 saturated carbocycles. The van der Waals surface area contributed by atoms with Crippen LogP contribution >= 0.6 is 0 Å². The summed E-state index contributed by atoms with van der Waals surface area (Å²) in [7, 11) is 0. The lowest BCUT2D eigenvalue weighted by molar-refractivity contribution is 0.194. The Balaban J connectivity index is 2.04. The van der Waals surface area contributed by atoms with Crippen LogP contribution in [0.1, 0.15) is 37.6 Å². The molecule has 0 fully saturated rings. The molecule has 19 heavy (non-hydrogen) atoms. The number of benzene rings is 1. The van der Waals surface area contributed by atoms with E-state index in [9.17, 15) is 5.11 Å². The molecule has 0 aliphatic rings. The van der Waals surface area contributed by atoms with Gasteiger partial charge in [0.2, 0.25) is 0 Å². The lowest BCUT2D eigenvalue weighted by Crippen LogP contribution is -1.95. The van der Waals surface area contributed by atoms with Crippen LogP contribution in [-0.4, -0.2) is 10.1 Å². The first-order valence-corrected chi connectivity index (χ1v) is 6.60. The number of aryl methyl sites for hydroxylation is 1. The SMILES string of the molecule is CCCc1ccc(Oc2ccc([C@H](C)O)nc2)cc1. The van der Waals surface area contributed by atoms with Gasteiger partial charge in [0.05, 0.1) is 18.0 Å². The predicted molar refractivity (Wildman–Crippen MR) is 75.4 cm³/mol. The van der Waals surface area contributed by atoms with Crippen LogP contribution in [0.5, 0.6) is 11.5 Å². The summed E-state index contributed by atoms with van der Waals surface area (Å²) >= 11 is 0. The van der Waals surface area contributed by atoms with Gasteiger partial charge in [0, 0.05) is 0 Å². The van der Waals surface area contributed by atoms with Crippen molar-refractivity contribution in [3.63, 3.8) is 0 Å². The summed E-state index contributed by atoms with van der Waals surface area (Å²) in [5, 5.41) is 9.38. The number of aliphatic hydroxyl groups excluding tert-OH is 1. The molecule has 1 heterocycles. The van der Waals surface area contributed by atoms with Crippen LogP contribution in [0, 0.1) is 0 Å². The predicted octanol–water partition coefficient (Wildman–Crippen LogP) is 3.88. The zero-order chi connectivity index (χ0) is 13.7. The summed E-state index contributed by atoms with van der Waals surface area (Å²) in [5.74, 6) is 1.47. The first-order chi connectivity index (χ1) is 9.19. The fourth-order valence-corrected chi connectivity index (χ4v) is 1.85. The third kappa shape index (κ3) is 3.80. The average Bonchev–Trinajstić information content (AvgIpc) is 2.42. The Labute approximate surface area is 113 Å². The molecule has 0 bridgehead atoms. The van der Waals surface area contributed by atoms with Crippen molar-refractivity contribution < 1.29 is 9.84 Å². The summed E-state index contributed by atoms with van der Waals surface area (Å²) in [6.45, 7) is 3.86. The molecule has 1 aromatic carbocycles. The number of aliphatic hydroxyl groups is 1. The molecular weight excluding hydrogens is 238 g/mol. The second-order valence-corrected chi connectivity index (χ2v) is 4.59. The summed E-state index contributed by atoms with van der Waals surface area (Å²) in [5.41, 5.74) is 1.96. The Morgan fingerprint density at radius 1 is 1.11 bits per heavy atom. The second kappa shape index (κ2) is 6.34. The number of nitrogens with zero attached hydrogens (tertiary/aromatic N) is 1. The monoisotopic (exact) mass is 257 g/mol. The van der Waals surface area contributed by atoms with Gasteiger partial charge in [0.1, 0.15) is 11.5 Å². The van der Waals surface area contributed by atoms with E-state index in [0.717, 1.165) is 18.6 Å². The van der Waals surface area contributed by atoms with Crippen LogP contribution in [0.25, 0.3) is 0 Å². The summed E-state index contributed by atoms with van der Waals surface area (Å²) in [6, 6.07) is 11.7. The van der Waals surface area contributed by atoms with Gasteiger partial charge in [-0.15, -0.1) is 0 Å². The van der Waals surface area contributed by atoms with Crippen LogP contribution in [0.15, 0.2) is 42.6 Å². The smallest absolute Gasteiger partial charge is 0.145 e. The standard InChI is InChI=1S/C16H19NO2/c1-3-4-13-5-7-14(8-6-13)19-15-9-10-16(12(2)18)17-11-15/h5-12,18H,3-4H2,1-2H3/t12-/m0/s1. The number of hydrogen-bond donors (Lipinski definition) is 1. The van der Waals surface area contributed by atoms with Gasteiger partial charge >= 0.3 is 0 Å². The Hall–Kier alpha value is -1.87. The minimum atomic E-state index is -0.553. The molecular formula is C16H19NO2. The van der Waals surface area contributed by atoms with Crippen molar-refractivity contribution in [2.75, 3.05) is 0 Å². The van der Waals surface area contributed by atoms with E-state index in [2.05, 4.69) is 24.0 Å². The molecule has 0 saturated heterocycles. The lowest BCUT2D eigenvalue weighted by Gasteiger charge is -2.08. The van der Waals surface area contributed by atoms with Crippen LogP contribution in [0.4, 0.5) is 0 Å². The summed E-state index contributed by atoms with van der Waals surface area (Å²) in [6.07, 6.45) is 3.31. The van der Waals surface area contributed by atoms with Gasteiger partial charge in [-0.3, -0.25) is 4.98 Å². The van der Waals surface area contributed by atoms with Crippen LogP contribution in [0.2, 0.25) is 0 Å². The normalized spacial score (nSPS) is 12.2. The molecule has 2 rings (SSSR count). The van der Waals surface area contributed by atoms with Crippen molar-refractivity contribution in [3.8, 4) is 11.5 Å². The van der Waals surface area contributed by atoms with Crippen molar-refractivity contribution >= 4 is 0 Å². The zero-order valence-electron chi connectivity index (χ0n) is 11.3. The fourth-order valence-electron chi connectivity index (χ4n) is 1.85. The molecule has 1 N–H and O–H groups in total. The Kier molecular flexibility index (Phi) is 4.53. The number of aromatic nitrogens is 1. The van der Waals surface area contributed by atoms with Crippen molar-refractivity contribution in [2.24, 2.45) is 0 Å². The third-order valence-electron chi connectivity index (χ3n) is 2.88. The second-order valence-electron chi connectivity index (χ2n) is 4.59. The molecule has 3 heteroatoms. The molecule has 0 radical (unpaired) electrons. The maximum absolute atomic E-state index is 9.38. The van der Waals surface area contributed by atoms with Gasteiger partial charge in [0.25, 0.3) is 0 Å². The molecule has 0 aliphatic heterocycles. The van der Waals surface area contributed by atoms with Crippen LogP contribution < -0.4 is 4.74 Å². The zero-order valence-corrected chi connectivity index (χ0v) is 11.3. The van der Waals surface area contributed by atoms with E-state index in [0.29, 0.717) is 11.4 Å². The number of pyridine rings is 1. The molecule has 1 aromatic heterocycles. The van der Waals surface area contributed by atoms with Gasteiger partial charge in [0.15, 0.2) is 0 Å². The highest BCUT2D eigenvalue weighted by atomic mass is 16.5. The van der Waals surface area contributed by atoms with Gasteiger partial charge < -0.3 is 9.84 Å². The van der Waals surface area contributed by atoms with E-state index in [-0.39, 0.29) is 0 Å². The van der Waals surface area contributed by atoms with Gasteiger partial charge in [-0.1, -0.05) is 25.5 Å². The quantitative estimate of drug-likeness (QED) is 0.883. The molecule has 0 spiro atoms. The Morgan fingerprint density at radius 3 is 2.32 bits per heavy atom. The number of hydrogen-bond acceptors (Lipinski definition) is 3. The lowest BCUT2D eigenvalue weighted by atomic mass is 10.1. The van der Waals surface area contributed by atoms with Gasteiger partial charge in [-0.2, -0.15) is 0 Å². The van der Waals surface area contributed by atoms with Gasteiger partial charge in [-0.25, -0.2) is 0 Å². The van der Waals surface area contributed by atoms with E-state index in [1.54, 1.807) is 19.2 Å². The van der Waals surface area contributed by atoms with Crippen molar-refractivity contribution in [3.05, 3.63) is 53.9 Å². The first kappa shape index (κ1) is 13.6. The minimum Gasteiger partial charge on any atom is -0.456 e. The first-order valence-electron chi connectivity index (χ1n) is 6.60. The van der Waals surface area contributed by atoms with Crippen LogP contribution in [0.3, 0.4) is 0 Å². The minimum absolute atomic E-state index is 0.553. The highest BCUT2D eigenvalue weighted by Gasteiger charge is 2.03. The molecule has 2 aromatic rings. The van der Waals surface area contributed by atoms with Crippen LogP contribution in [-0.2, 0) is 6.42 Å². The maximum Gasteiger partial charge on any atom is 0.145 e. The van der Waals surface area contributed by atoms with E-state index >= 15 is 0 Å². The van der Waals surface area contributed by atoms with E-state index in [4.69, 9.17) is 4.74 Å². The van der Waals surface area contributed by atoms with Crippen molar-refractivity contribution in [1.82, 2.24) is 4.98 Å². The molecule has 1 atom stereocenters. The maximum atomic E-state index is 9.38. The average molecular weight is 257 g/mol. The fraction of sp³-hybridized carbons (Fsp3) is 0.312. The summed E-state index contributed by atoms with van der Waals surface area (Å²) < 4.78 is 5.70. The highest BCUT2D eigenvalue weighted by Crippen LogP contribution is 2.22. The topological polar surface area (TPSA) is 42.4 Å². The molecule has 0 amide bonds. The Bertz CT molecular complexity index is 503. The largest absolute Gasteiger partial charge is 0.456 e. The highest BCUT2D eigenvalue weighted by molar-refractivity contribution is 5.32.